The van der Waals surface area contributed by atoms with Gasteiger partial charge >= 0.3 is 0 Å². The first-order chi connectivity index (χ1) is 11.7. The molecule has 0 unspecified atom stereocenters. The van der Waals surface area contributed by atoms with E-state index in [1.807, 2.05) is 0 Å². The minimum Gasteiger partial charge on any atom is -0.355 e. The Morgan fingerprint density at radius 1 is 0.917 bits per heavy atom. The van der Waals surface area contributed by atoms with Gasteiger partial charge < -0.3 is 10.6 Å². The second-order valence-electron chi connectivity index (χ2n) is 8.15. The van der Waals surface area contributed by atoms with E-state index in [4.69, 9.17) is 12.2 Å². The van der Waals surface area contributed by atoms with Crippen LogP contribution < -0.4 is 10.6 Å². The van der Waals surface area contributed by atoms with E-state index in [-0.39, 0.29) is 0 Å². The quantitative estimate of drug-likeness (QED) is 0.641. The Kier molecular flexibility index (Phi) is 3.75. The van der Waals surface area contributed by atoms with Gasteiger partial charge in [0.2, 0.25) is 0 Å². The summed E-state index contributed by atoms with van der Waals surface area (Å²) in [6.07, 6.45) is 8.25. The summed E-state index contributed by atoms with van der Waals surface area (Å²) in [5.41, 5.74) is 4.51. The SMILES string of the molecule is S=C1NC(=C2C3CC4CC(C3)CC2C4)C[C@H](c2ccc(Br)cc2)N1. The van der Waals surface area contributed by atoms with Crippen LogP contribution in [0.3, 0.4) is 0 Å². The predicted molar refractivity (Wildman–Crippen MR) is 104 cm³/mol. The molecule has 4 aliphatic carbocycles. The molecule has 4 saturated carbocycles. The molecular weight excluding hydrogens is 380 g/mol. The topological polar surface area (TPSA) is 24.1 Å². The van der Waals surface area contributed by atoms with Gasteiger partial charge in [-0.15, -0.1) is 0 Å². The molecular formula is C20H23BrN2S. The Balaban J connectivity index is 1.47. The standard InChI is InChI=1S/C20H23BrN2S/c21-16-3-1-13(2-4-16)17-10-18(23-20(24)22-17)19-14-6-11-5-12(8-14)9-15(19)7-11/h1-4,11-12,14-15,17H,5-10H2,(H2,22,23,24)/t11?,12?,14?,15?,17-/m1/s1. The summed E-state index contributed by atoms with van der Waals surface area (Å²) in [6, 6.07) is 8.95. The molecule has 1 aliphatic heterocycles. The molecule has 2 nitrogen and oxygen atoms in total. The first-order valence-electron chi connectivity index (χ1n) is 9.21. The molecule has 0 radical (unpaired) electrons. The first kappa shape index (κ1) is 15.4. The summed E-state index contributed by atoms with van der Waals surface area (Å²) in [5, 5.41) is 7.82. The summed E-state index contributed by atoms with van der Waals surface area (Å²) in [7, 11) is 0. The number of halogens is 1. The summed E-state index contributed by atoms with van der Waals surface area (Å²) in [4.78, 5) is 0. The molecule has 4 bridgehead atoms. The van der Waals surface area contributed by atoms with Gasteiger partial charge in [-0.05, 0) is 91.3 Å². The van der Waals surface area contributed by atoms with Crippen LogP contribution in [0.25, 0.3) is 0 Å². The van der Waals surface area contributed by atoms with E-state index >= 15 is 0 Å². The maximum Gasteiger partial charge on any atom is 0.171 e. The molecule has 1 aromatic carbocycles. The van der Waals surface area contributed by atoms with Crippen LogP contribution >= 0.6 is 28.1 Å². The summed E-state index contributed by atoms with van der Waals surface area (Å²) in [5.74, 6) is 3.67. The number of nitrogens with one attached hydrogen (secondary N) is 2. The third-order valence-corrected chi connectivity index (χ3v) is 7.37. The van der Waals surface area contributed by atoms with Crippen LogP contribution in [0.1, 0.15) is 50.1 Å². The lowest BCUT2D eigenvalue weighted by atomic mass is 9.53. The van der Waals surface area contributed by atoms with Crippen LogP contribution in [0, 0.1) is 23.7 Å². The second-order valence-corrected chi connectivity index (χ2v) is 9.47. The molecule has 1 saturated heterocycles. The zero-order valence-electron chi connectivity index (χ0n) is 13.7. The van der Waals surface area contributed by atoms with Crippen molar-refractivity contribution in [3.05, 3.63) is 45.6 Å². The van der Waals surface area contributed by atoms with Crippen molar-refractivity contribution in [1.82, 2.24) is 10.6 Å². The van der Waals surface area contributed by atoms with Gasteiger partial charge in [-0.25, -0.2) is 0 Å². The zero-order valence-corrected chi connectivity index (χ0v) is 16.1. The number of hydrogen-bond acceptors (Lipinski definition) is 1. The van der Waals surface area contributed by atoms with E-state index in [0.717, 1.165) is 39.7 Å². The third-order valence-electron chi connectivity index (χ3n) is 6.62. The van der Waals surface area contributed by atoms with Crippen molar-refractivity contribution in [2.24, 2.45) is 23.7 Å². The fourth-order valence-corrected chi connectivity index (χ4v) is 6.44. The molecule has 5 fully saturated rings. The highest BCUT2D eigenvalue weighted by atomic mass is 79.9. The molecule has 1 aromatic rings. The molecule has 2 N–H and O–H groups in total. The lowest BCUT2D eigenvalue weighted by Crippen LogP contribution is -2.47. The Morgan fingerprint density at radius 2 is 1.54 bits per heavy atom. The van der Waals surface area contributed by atoms with Crippen molar-refractivity contribution in [2.45, 2.75) is 44.6 Å². The van der Waals surface area contributed by atoms with E-state index in [2.05, 4.69) is 50.8 Å². The molecule has 0 spiro atoms. The van der Waals surface area contributed by atoms with Crippen molar-refractivity contribution < 1.29 is 0 Å². The van der Waals surface area contributed by atoms with E-state index in [1.54, 1.807) is 5.57 Å². The summed E-state index contributed by atoms with van der Waals surface area (Å²) >= 11 is 9.08. The minimum absolute atomic E-state index is 0.298. The van der Waals surface area contributed by atoms with Crippen LogP contribution in [0.4, 0.5) is 0 Å². The Bertz CT molecular complexity index is 679. The monoisotopic (exact) mass is 402 g/mol. The molecule has 24 heavy (non-hydrogen) atoms. The van der Waals surface area contributed by atoms with E-state index in [9.17, 15) is 0 Å². The average molecular weight is 403 g/mol. The highest BCUT2D eigenvalue weighted by Crippen LogP contribution is 2.57. The molecule has 4 heteroatoms. The molecule has 6 rings (SSSR count). The van der Waals surface area contributed by atoms with Crippen molar-refractivity contribution in [3.8, 4) is 0 Å². The Morgan fingerprint density at radius 3 is 2.17 bits per heavy atom. The number of rotatable bonds is 1. The predicted octanol–water partition coefficient (Wildman–Crippen LogP) is 5.07. The van der Waals surface area contributed by atoms with Crippen LogP contribution in [0.5, 0.6) is 0 Å². The largest absolute Gasteiger partial charge is 0.355 e. The summed E-state index contributed by atoms with van der Waals surface area (Å²) in [6.45, 7) is 0. The number of benzene rings is 1. The van der Waals surface area contributed by atoms with Gasteiger partial charge in [-0.1, -0.05) is 28.1 Å². The van der Waals surface area contributed by atoms with Crippen molar-refractivity contribution in [2.75, 3.05) is 0 Å². The highest BCUT2D eigenvalue weighted by molar-refractivity contribution is 9.10. The van der Waals surface area contributed by atoms with E-state index in [0.29, 0.717) is 6.04 Å². The second kappa shape index (κ2) is 5.84. The molecule has 0 aromatic heterocycles. The smallest absolute Gasteiger partial charge is 0.171 e. The lowest BCUT2D eigenvalue weighted by Gasteiger charge is -2.52. The fraction of sp³-hybridized carbons (Fsp3) is 0.550. The van der Waals surface area contributed by atoms with Crippen LogP contribution in [0.2, 0.25) is 0 Å². The maximum atomic E-state index is 5.55. The number of thiocarbonyl (C=S) groups is 1. The van der Waals surface area contributed by atoms with Crippen molar-refractivity contribution in [3.63, 3.8) is 0 Å². The molecule has 1 heterocycles. The van der Waals surface area contributed by atoms with Gasteiger partial charge in [0, 0.05) is 16.6 Å². The lowest BCUT2D eigenvalue weighted by molar-refractivity contribution is 0.0674. The minimum atomic E-state index is 0.298. The molecule has 1 atom stereocenters. The van der Waals surface area contributed by atoms with Crippen LogP contribution in [-0.4, -0.2) is 5.11 Å². The highest BCUT2D eigenvalue weighted by Gasteiger charge is 2.46. The Hall–Kier alpha value is -0.870. The van der Waals surface area contributed by atoms with Gasteiger partial charge in [0.1, 0.15) is 0 Å². The van der Waals surface area contributed by atoms with Gasteiger partial charge in [0.25, 0.3) is 0 Å². The number of hydrogen-bond donors (Lipinski definition) is 2. The van der Waals surface area contributed by atoms with Gasteiger partial charge in [0.05, 0.1) is 6.04 Å². The van der Waals surface area contributed by atoms with Crippen LogP contribution in [0.15, 0.2) is 40.0 Å². The molecule has 126 valence electrons. The van der Waals surface area contributed by atoms with E-state index < -0.39 is 0 Å². The van der Waals surface area contributed by atoms with Gasteiger partial charge in [-0.3, -0.25) is 0 Å². The van der Waals surface area contributed by atoms with Gasteiger partial charge in [-0.2, -0.15) is 0 Å². The van der Waals surface area contributed by atoms with Gasteiger partial charge in [0.15, 0.2) is 5.11 Å². The Labute approximate surface area is 157 Å². The molecule has 0 amide bonds. The fourth-order valence-electron chi connectivity index (χ4n) is 5.91. The number of allylic oxidation sites excluding steroid dienone is 1. The van der Waals surface area contributed by atoms with E-state index in [1.165, 1.54) is 43.4 Å². The normalized spacial score (nSPS) is 37.4. The average Bonchev–Trinajstić information content (AvgIpc) is 2.54. The molecule has 5 aliphatic rings. The third kappa shape index (κ3) is 2.62. The summed E-state index contributed by atoms with van der Waals surface area (Å²) < 4.78 is 1.13. The first-order valence-corrected chi connectivity index (χ1v) is 10.4. The van der Waals surface area contributed by atoms with Crippen LogP contribution in [-0.2, 0) is 0 Å². The van der Waals surface area contributed by atoms with Crippen molar-refractivity contribution in [1.29, 1.82) is 0 Å². The van der Waals surface area contributed by atoms with Crippen molar-refractivity contribution >= 4 is 33.3 Å². The maximum absolute atomic E-state index is 5.55. The zero-order chi connectivity index (χ0) is 16.3.